The second-order valence-corrected chi connectivity index (χ2v) is 4.94. The van der Waals surface area contributed by atoms with E-state index < -0.39 is 4.92 Å². The molecule has 23 heavy (non-hydrogen) atoms. The Bertz CT molecular complexity index is 805. The zero-order valence-corrected chi connectivity index (χ0v) is 12.8. The predicted molar refractivity (Wildman–Crippen MR) is 93.8 cm³/mol. The lowest BCUT2D eigenvalue weighted by Crippen LogP contribution is -2.31. The van der Waals surface area contributed by atoms with E-state index in [0.29, 0.717) is 28.0 Å². The number of rotatable bonds is 5. The molecule has 118 valence electrons. The highest BCUT2D eigenvalue weighted by molar-refractivity contribution is 7.80. The quantitative estimate of drug-likeness (QED) is 0.256. The molecule has 0 fully saturated rings. The predicted octanol–water partition coefficient (Wildman–Crippen LogP) is 2.44. The van der Waals surface area contributed by atoms with E-state index in [-0.39, 0.29) is 11.4 Å². The van der Waals surface area contributed by atoms with E-state index in [0.717, 1.165) is 0 Å². The van der Waals surface area contributed by atoms with E-state index in [9.17, 15) is 15.2 Å². The Morgan fingerprint density at radius 2 is 2.22 bits per heavy atom. The number of phenols is 1. The Morgan fingerprint density at radius 3 is 2.91 bits per heavy atom. The molecule has 0 spiro atoms. The SMILES string of the molecule is C=CCNC(=S)NN=Cc1c(O)ccc2cc([N+](=O)[O-])ccc12. The highest BCUT2D eigenvalue weighted by atomic mass is 32.1. The lowest BCUT2D eigenvalue weighted by Gasteiger charge is -2.06. The van der Waals surface area contributed by atoms with Crippen LogP contribution in [0.15, 0.2) is 48.1 Å². The summed E-state index contributed by atoms with van der Waals surface area (Å²) >= 11 is 4.99. The molecule has 0 heterocycles. The second kappa shape index (κ2) is 7.32. The summed E-state index contributed by atoms with van der Waals surface area (Å²) in [5.41, 5.74) is 3.04. The standard InChI is InChI=1S/C15H14N4O3S/c1-2-7-16-15(23)18-17-9-13-12-5-4-11(19(21)22)8-10(12)3-6-14(13)20/h2-6,8-9,20H,1,7H2,(H2,16,18,23). The molecule has 0 saturated heterocycles. The largest absolute Gasteiger partial charge is 0.507 e. The number of thiocarbonyl (C=S) groups is 1. The van der Waals surface area contributed by atoms with Crippen molar-refractivity contribution in [3.63, 3.8) is 0 Å². The third-order valence-electron chi connectivity index (χ3n) is 3.00. The number of hydrogen-bond donors (Lipinski definition) is 3. The number of non-ortho nitro benzene ring substituents is 1. The fraction of sp³-hybridized carbons (Fsp3) is 0.0667. The van der Waals surface area contributed by atoms with Crippen LogP contribution in [0, 0.1) is 10.1 Å². The van der Waals surface area contributed by atoms with Gasteiger partial charge in [-0.25, -0.2) is 0 Å². The van der Waals surface area contributed by atoms with Gasteiger partial charge in [0.05, 0.1) is 11.1 Å². The Morgan fingerprint density at radius 1 is 1.43 bits per heavy atom. The second-order valence-electron chi connectivity index (χ2n) is 4.53. The number of phenolic OH excluding ortho intramolecular Hbond substituents is 1. The van der Waals surface area contributed by atoms with Crippen LogP contribution in [0.3, 0.4) is 0 Å². The van der Waals surface area contributed by atoms with Gasteiger partial charge in [-0.05, 0) is 35.1 Å². The number of aromatic hydroxyl groups is 1. The first-order valence-corrected chi connectivity index (χ1v) is 7.01. The number of benzene rings is 2. The minimum atomic E-state index is -0.467. The van der Waals surface area contributed by atoms with Gasteiger partial charge in [-0.1, -0.05) is 12.1 Å². The first-order chi connectivity index (χ1) is 11.0. The van der Waals surface area contributed by atoms with Crippen LogP contribution < -0.4 is 10.7 Å². The van der Waals surface area contributed by atoms with Gasteiger partial charge in [0.25, 0.3) is 5.69 Å². The molecule has 0 radical (unpaired) electrons. The molecule has 0 aliphatic carbocycles. The fourth-order valence-electron chi connectivity index (χ4n) is 1.94. The van der Waals surface area contributed by atoms with Crippen molar-refractivity contribution in [2.45, 2.75) is 0 Å². The minimum Gasteiger partial charge on any atom is -0.507 e. The molecule has 0 bridgehead atoms. The van der Waals surface area contributed by atoms with Crippen LogP contribution in [-0.2, 0) is 0 Å². The molecule has 0 unspecified atom stereocenters. The Balaban J connectivity index is 2.29. The van der Waals surface area contributed by atoms with Gasteiger partial charge in [0.2, 0.25) is 0 Å². The van der Waals surface area contributed by atoms with Crippen LogP contribution in [0.4, 0.5) is 5.69 Å². The van der Waals surface area contributed by atoms with Gasteiger partial charge in [-0.3, -0.25) is 15.5 Å². The fourth-order valence-corrected chi connectivity index (χ4v) is 2.07. The Hall–Kier alpha value is -3.00. The van der Waals surface area contributed by atoms with Crippen molar-refractivity contribution in [1.29, 1.82) is 0 Å². The van der Waals surface area contributed by atoms with Crippen LogP contribution in [0.5, 0.6) is 5.75 Å². The molecule has 0 amide bonds. The van der Waals surface area contributed by atoms with Crippen LogP contribution >= 0.6 is 12.2 Å². The Labute approximate surface area is 137 Å². The number of fused-ring (bicyclic) bond motifs is 1. The van der Waals surface area contributed by atoms with Gasteiger partial charge in [-0.2, -0.15) is 5.10 Å². The number of hydrazone groups is 1. The summed E-state index contributed by atoms with van der Waals surface area (Å²) in [5.74, 6) is 0.0156. The maximum absolute atomic E-state index is 10.8. The average molecular weight is 330 g/mol. The highest BCUT2D eigenvalue weighted by Crippen LogP contribution is 2.28. The molecule has 0 aliphatic heterocycles. The van der Waals surface area contributed by atoms with Crippen LogP contribution in [0.25, 0.3) is 10.8 Å². The summed E-state index contributed by atoms with van der Waals surface area (Å²) in [4.78, 5) is 10.4. The van der Waals surface area contributed by atoms with Crippen molar-refractivity contribution in [2.75, 3.05) is 6.54 Å². The monoisotopic (exact) mass is 330 g/mol. The lowest BCUT2D eigenvalue weighted by molar-refractivity contribution is -0.384. The van der Waals surface area contributed by atoms with Gasteiger partial charge in [-0.15, -0.1) is 6.58 Å². The topological polar surface area (TPSA) is 99.8 Å². The van der Waals surface area contributed by atoms with E-state index in [4.69, 9.17) is 12.2 Å². The molecular weight excluding hydrogens is 316 g/mol. The van der Waals surface area contributed by atoms with Crippen molar-refractivity contribution in [1.82, 2.24) is 10.7 Å². The molecule has 0 aliphatic rings. The summed E-state index contributed by atoms with van der Waals surface area (Å²) in [5, 5.41) is 29.2. The minimum absolute atomic E-state index is 0.0148. The third-order valence-corrected chi connectivity index (χ3v) is 3.24. The zero-order valence-electron chi connectivity index (χ0n) is 12.0. The molecule has 3 N–H and O–H groups in total. The molecule has 2 aromatic carbocycles. The lowest BCUT2D eigenvalue weighted by atomic mass is 10.0. The number of hydrogen-bond acceptors (Lipinski definition) is 5. The molecule has 0 saturated carbocycles. The first kappa shape index (κ1) is 16.4. The van der Waals surface area contributed by atoms with E-state index in [1.807, 2.05) is 0 Å². The number of nitrogens with one attached hydrogen (secondary N) is 2. The van der Waals surface area contributed by atoms with Crippen LogP contribution in [-0.4, -0.2) is 27.9 Å². The first-order valence-electron chi connectivity index (χ1n) is 6.61. The molecule has 0 atom stereocenters. The zero-order chi connectivity index (χ0) is 16.8. The summed E-state index contributed by atoms with van der Waals surface area (Å²) in [7, 11) is 0. The Kier molecular flexibility index (Phi) is 5.21. The third kappa shape index (κ3) is 4.01. The maximum Gasteiger partial charge on any atom is 0.270 e. The van der Waals surface area contributed by atoms with Crippen molar-refractivity contribution >= 4 is 40.0 Å². The van der Waals surface area contributed by atoms with Crippen molar-refractivity contribution in [3.05, 3.63) is 58.7 Å². The normalized spacial score (nSPS) is 10.6. The van der Waals surface area contributed by atoms with Crippen LogP contribution in [0.2, 0.25) is 0 Å². The van der Waals surface area contributed by atoms with E-state index in [1.165, 1.54) is 24.4 Å². The molecule has 2 aromatic rings. The van der Waals surface area contributed by atoms with E-state index in [2.05, 4.69) is 22.4 Å². The number of nitrogens with zero attached hydrogens (tertiary/aromatic N) is 2. The molecule has 2 rings (SSSR count). The molecule has 0 aromatic heterocycles. The van der Waals surface area contributed by atoms with Crippen molar-refractivity contribution in [2.24, 2.45) is 5.10 Å². The average Bonchev–Trinajstić information content (AvgIpc) is 2.54. The summed E-state index contributed by atoms with van der Waals surface area (Å²) in [6.45, 7) is 4.06. The highest BCUT2D eigenvalue weighted by Gasteiger charge is 2.10. The maximum atomic E-state index is 10.8. The van der Waals surface area contributed by atoms with E-state index >= 15 is 0 Å². The molecular formula is C15H14N4O3S. The van der Waals surface area contributed by atoms with Gasteiger partial charge in [0.15, 0.2) is 5.11 Å². The number of nitro groups is 1. The summed E-state index contributed by atoms with van der Waals surface area (Å²) in [6, 6.07) is 7.46. The smallest absolute Gasteiger partial charge is 0.270 e. The van der Waals surface area contributed by atoms with Gasteiger partial charge >= 0.3 is 0 Å². The van der Waals surface area contributed by atoms with Crippen molar-refractivity contribution in [3.8, 4) is 5.75 Å². The van der Waals surface area contributed by atoms with Crippen molar-refractivity contribution < 1.29 is 10.0 Å². The molecule has 8 heteroatoms. The van der Waals surface area contributed by atoms with Crippen LogP contribution in [0.1, 0.15) is 5.56 Å². The number of nitro benzene ring substituents is 1. The summed E-state index contributed by atoms with van der Waals surface area (Å²) < 4.78 is 0. The van der Waals surface area contributed by atoms with Gasteiger partial charge in [0.1, 0.15) is 5.75 Å². The molecule has 7 nitrogen and oxygen atoms in total. The van der Waals surface area contributed by atoms with E-state index in [1.54, 1.807) is 18.2 Å². The van der Waals surface area contributed by atoms with Gasteiger partial charge < -0.3 is 10.4 Å². The van der Waals surface area contributed by atoms with Gasteiger partial charge in [0, 0.05) is 24.2 Å². The summed E-state index contributed by atoms with van der Waals surface area (Å²) in [6.07, 6.45) is 3.06.